The number of aromatic nitrogens is 3. The number of aliphatic hydroxyl groups is 1. The third-order valence-corrected chi connectivity index (χ3v) is 5.89. The van der Waals surface area contributed by atoms with Crippen molar-refractivity contribution in [2.24, 2.45) is 0 Å². The molecule has 1 aromatic carbocycles. The van der Waals surface area contributed by atoms with Crippen LogP contribution in [0.15, 0.2) is 12.3 Å². The number of hydrogen-bond acceptors (Lipinski definition) is 7. The fraction of sp³-hybridized carbons (Fsp3) is 0.348. The van der Waals surface area contributed by atoms with Gasteiger partial charge in [-0.25, -0.2) is 18.6 Å². The number of methoxy groups -OCH3 is 2. The van der Waals surface area contributed by atoms with Gasteiger partial charge in [-0.15, -0.1) is 0 Å². The summed E-state index contributed by atoms with van der Waals surface area (Å²) in [5, 5.41) is 24.5. The average molecular weight is 487 g/mol. The molecule has 4 N–H and O–H groups in total. The van der Waals surface area contributed by atoms with Crippen molar-refractivity contribution in [3.8, 4) is 23.3 Å². The number of nitrogens with zero attached hydrogens (tertiary/aromatic N) is 4. The van der Waals surface area contributed by atoms with Crippen LogP contribution in [0, 0.1) is 23.5 Å². The number of carboxylic acid groups (broad SMARTS) is 1. The maximum atomic E-state index is 14.8. The molecule has 1 aliphatic heterocycles. The van der Waals surface area contributed by atoms with E-state index in [0.29, 0.717) is 29.4 Å². The predicted octanol–water partition coefficient (Wildman–Crippen LogP) is 2.69. The van der Waals surface area contributed by atoms with Gasteiger partial charge in [-0.3, -0.25) is 4.68 Å². The van der Waals surface area contributed by atoms with E-state index in [1.165, 1.54) is 25.3 Å². The van der Waals surface area contributed by atoms with E-state index in [9.17, 15) is 23.8 Å². The first-order valence-electron chi connectivity index (χ1n) is 10.6. The fourth-order valence-corrected chi connectivity index (χ4v) is 4.11. The Balaban J connectivity index is 1.93. The van der Waals surface area contributed by atoms with E-state index < -0.39 is 29.4 Å². The van der Waals surface area contributed by atoms with Crippen LogP contribution in [0.1, 0.15) is 42.3 Å². The molecule has 1 fully saturated rings. The van der Waals surface area contributed by atoms with Gasteiger partial charge in [0.15, 0.2) is 23.1 Å². The normalized spacial score (nSPS) is 16.2. The lowest BCUT2D eigenvalue weighted by Crippen LogP contribution is -2.27. The molecule has 3 aromatic rings. The summed E-state index contributed by atoms with van der Waals surface area (Å²) in [4.78, 5) is 16.8. The molecule has 2 atom stereocenters. The molecular formula is C23H23F2N5O5. The van der Waals surface area contributed by atoms with Gasteiger partial charge in [-0.2, -0.15) is 5.10 Å². The monoisotopic (exact) mass is 487 g/mol. The molecule has 184 valence electrons. The number of pyridine rings is 1. The van der Waals surface area contributed by atoms with Crippen molar-refractivity contribution in [1.29, 1.82) is 0 Å². The van der Waals surface area contributed by atoms with Gasteiger partial charge in [0, 0.05) is 30.9 Å². The summed E-state index contributed by atoms with van der Waals surface area (Å²) in [7, 11) is 2.46. The van der Waals surface area contributed by atoms with Gasteiger partial charge in [0.25, 0.3) is 0 Å². The molecule has 1 aliphatic rings. The molecule has 2 aromatic heterocycles. The Hall–Kier alpha value is -4.11. The van der Waals surface area contributed by atoms with Crippen molar-refractivity contribution in [3.63, 3.8) is 0 Å². The molecule has 0 spiro atoms. The summed E-state index contributed by atoms with van der Waals surface area (Å²) in [6.45, 7) is 2.00. The third-order valence-electron chi connectivity index (χ3n) is 5.89. The second-order valence-corrected chi connectivity index (χ2v) is 8.00. The number of fused-ring (bicyclic) bond motifs is 1. The summed E-state index contributed by atoms with van der Waals surface area (Å²) >= 11 is 0. The molecular weight excluding hydrogens is 464 g/mol. The number of nitrogens with two attached hydrogens (primary N) is 1. The molecule has 1 amide bonds. The number of hydrogen-bond donors (Lipinski definition) is 3. The molecule has 3 heterocycles. The van der Waals surface area contributed by atoms with Crippen LogP contribution in [-0.2, 0) is 0 Å². The first-order chi connectivity index (χ1) is 16.7. The number of nitrogen functional groups attached to an aromatic ring is 1. The molecule has 4 rings (SSSR count). The van der Waals surface area contributed by atoms with Crippen molar-refractivity contribution < 1.29 is 33.3 Å². The Kier molecular flexibility index (Phi) is 6.36. The molecule has 1 saturated heterocycles. The molecule has 10 nitrogen and oxygen atoms in total. The first-order valence-corrected chi connectivity index (χ1v) is 10.6. The van der Waals surface area contributed by atoms with Crippen LogP contribution in [-0.4, -0.2) is 63.3 Å². The highest BCUT2D eigenvalue weighted by molar-refractivity contribution is 5.95. The molecule has 0 aliphatic carbocycles. The van der Waals surface area contributed by atoms with Crippen LogP contribution in [0.2, 0.25) is 0 Å². The lowest BCUT2D eigenvalue weighted by atomic mass is 10.1. The number of likely N-dealkylation sites (tertiary alicyclic amines) is 1. The van der Waals surface area contributed by atoms with E-state index in [1.807, 2.05) is 0 Å². The first kappa shape index (κ1) is 24.0. The standard InChI is InChI=1S/C23H23F2N5O5/c1-11(31)14-9-27-22(26)18-15(28-30(21(14)18)12-6-7-29(10-12)23(32)33)5-4-13-19(24)16(34-2)8-17(35-3)20(13)25/h8-9,11-12,31H,6-7,10H2,1-3H3,(H2,26,27)(H,32,33). The number of rotatable bonds is 4. The number of aliphatic hydroxyl groups excluding tert-OH is 1. The van der Waals surface area contributed by atoms with E-state index in [4.69, 9.17) is 15.2 Å². The van der Waals surface area contributed by atoms with E-state index >= 15 is 0 Å². The van der Waals surface area contributed by atoms with Gasteiger partial charge in [-0.05, 0) is 19.3 Å². The third kappa shape index (κ3) is 4.15. The van der Waals surface area contributed by atoms with Gasteiger partial charge >= 0.3 is 6.09 Å². The molecule has 35 heavy (non-hydrogen) atoms. The number of carbonyl (C=O) groups is 1. The second kappa shape index (κ2) is 9.27. The SMILES string of the molecule is COc1cc(OC)c(F)c(C#Cc2nn(C3CCN(C(=O)O)C3)c3c(C(C)O)cnc(N)c23)c1F. The van der Waals surface area contributed by atoms with Gasteiger partial charge in [0.2, 0.25) is 0 Å². The van der Waals surface area contributed by atoms with Gasteiger partial charge < -0.3 is 30.3 Å². The van der Waals surface area contributed by atoms with E-state index in [-0.39, 0.29) is 35.6 Å². The predicted molar refractivity (Wildman–Crippen MR) is 121 cm³/mol. The summed E-state index contributed by atoms with van der Waals surface area (Å²) in [6, 6.07) is 0.708. The summed E-state index contributed by atoms with van der Waals surface area (Å²) in [5.74, 6) is 2.66. The zero-order chi connectivity index (χ0) is 25.4. The number of amides is 1. The quantitative estimate of drug-likeness (QED) is 0.478. The van der Waals surface area contributed by atoms with Gasteiger partial charge in [0.05, 0.1) is 37.3 Å². The molecule has 0 bridgehead atoms. The minimum absolute atomic E-state index is 0.0530. The van der Waals surface area contributed by atoms with Crippen LogP contribution in [0.4, 0.5) is 19.4 Å². The Morgan fingerprint density at radius 3 is 2.46 bits per heavy atom. The lowest BCUT2D eigenvalue weighted by Gasteiger charge is -2.16. The average Bonchev–Trinajstić information content (AvgIpc) is 3.45. The number of ether oxygens (including phenoxy) is 2. The van der Waals surface area contributed by atoms with Crippen molar-refractivity contribution >= 4 is 22.8 Å². The minimum Gasteiger partial charge on any atom is -0.493 e. The van der Waals surface area contributed by atoms with Gasteiger partial charge in [0.1, 0.15) is 17.1 Å². The minimum atomic E-state index is -1.06. The Morgan fingerprint density at radius 2 is 1.91 bits per heavy atom. The van der Waals surface area contributed by atoms with Crippen molar-refractivity contribution in [2.45, 2.75) is 25.5 Å². The number of benzene rings is 1. The van der Waals surface area contributed by atoms with Crippen LogP contribution < -0.4 is 15.2 Å². The van der Waals surface area contributed by atoms with Gasteiger partial charge in [-0.1, -0.05) is 5.92 Å². The van der Waals surface area contributed by atoms with E-state index in [0.717, 1.165) is 6.07 Å². The van der Waals surface area contributed by atoms with E-state index in [1.54, 1.807) is 11.6 Å². The van der Waals surface area contributed by atoms with Crippen LogP contribution in [0.25, 0.3) is 10.9 Å². The van der Waals surface area contributed by atoms with Crippen molar-refractivity contribution in [3.05, 3.63) is 40.7 Å². The maximum absolute atomic E-state index is 14.8. The zero-order valence-electron chi connectivity index (χ0n) is 19.2. The smallest absolute Gasteiger partial charge is 0.407 e. The Morgan fingerprint density at radius 1 is 1.26 bits per heavy atom. The topological polar surface area (TPSA) is 136 Å². The van der Waals surface area contributed by atoms with Crippen molar-refractivity contribution in [2.75, 3.05) is 33.0 Å². The molecule has 2 unspecified atom stereocenters. The Bertz CT molecular complexity index is 1350. The van der Waals surface area contributed by atoms with Crippen LogP contribution >= 0.6 is 0 Å². The lowest BCUT2D eigenvalue weighted by molar-refractivity contribution is 0.154. The molecule has 0 saturated carbocycles. The van der Waals surface area contributed by atoms with Crippen molar-refractivity contribution in [1.82, 2.24) is 19.7 Å². The van der Waals surface area contributed by atoms with Crippen LogP contribution in [0.3, 0.4) is 0 Å². The highest BCUT2D eigenvalue weighted by atomic mass is 19.1. The highest BCUT2D eigenvalue weighted by Crippen LogP contribution is 2.35. The number of anilines is 1. The summed E-state index contributed by atoms with van der Waals surface area (Å²) in [5.41, 5.74) is 6.45. The highest BCUT2D eigenvalue weighted by Gasteiger charge is 2.31. The molecule has 12 heteroatoms. The largest absolute Gasteiger partial charge is 0.493 e. The summed E-state index contributed by atoms with van der Waals surface area (Å²) < 4.78 is 41.1. The fourth-order valence-electron chi connectivity index (χ4n) is 4.11. The Labute approximate surface area is 198 Å². The van der Waals surface area contributed by atoms with E-state index in [2.05, 4.69) is 21.9 Å². The number of halogens is 2. The zero-order valence-corrected chi connectivity index (χ0v) is 19.2. The maximum Gasteiger partial charge on any atom is 0.407 e. The summed E-state index contributed by atoms with van der Waals surface area (Å²) in [6.07, 6.45) is -0.128. The van der Waals surface area contributed by atoms with Crippen LogP contribution in [0.5, 0.6) is 11.5 Å². The molecule has 0 radical (unpaired) electrons. The second-order valence-electron chi connectivity index (χ2n) is 8.00.